The molecule has 4 heteroatoms. The van der Waals surface area contributed by atoms with Gasteiger partial charge in [-0.2, -0.15) is 0 Å². The highest BCUT2D eigenvalue weighted by Crippen LogP contribution is 2.30. The van der Waals surface area contributed by atoms with E-state index in [1.165, 1.54) is 0 Å². The number of hydrogen-bond donors (Lipinski definition) is 0. The second-order valence-electron chi connectivity index (χ2n) is 3.79. The lowest BCUT2D eigenvalue weighted by Crippen LogP contribution is -1.77. The Hall–Kier alpha value is -1.52. The summed E-state index contributed by atoms with van der Waals surface area (Å²) < 4.78 is 1.05. The van der Waals surface area contributed by atoms with Crippen molar-refractivity contribution in [3.05, 3.63) is 59.1 Å². The first-order valence-electron chi connectivity index (χ1n) is 5.48. The third kappa shape index (κ3) is 2.35. The molecule has 3 rings (SSSR count). The van der Waals surface area contributed by atoms with Gasteiger partial charge in [0.15, 0.2) is 0 Å². The predicted octanol–water partition coefficient (Wildman–Crippen LogP) is 4.63. The fourth-order valence-electron chi connectivity index (χ4n) is 1.66. The lowest BCUT2D eigenvalue weighted by molar-refractivity contribution is 1.10. The lowest BCUT2D eigenvalue weighted by atomic mass is 10.2. The topological polar surface area (TPSA) is 25.8 Å². The van der Waals surface area contributed by atoms with Crippen molar-refractivity contribution >= 4 is 27.3 Å². The van der Waals surface area contributed by atoms with E-state index in [9.17, 15) is 0 Å². The maximum absolute atomic E-state index is 4.25. The summed E-state index contributed by atoms with van der Waals surface area (Å²) in [6.45, 7) is 0. The molecule has 1 heterocycles. The van der Waals surface area contributed by atoms with Crippen molar-refractivity contribution in [3.63, 3.8) is 0 Å². The fourth-order valence-corrected chi connectivity index (χ4v) is 2.90. The van der Waals surface area contributed by atoms with E-state index in [-0.39, 0.29) is 0 Å². The number of aromatic nitrogens is 2. The van der Waals surface area contributed by atoms with Gasteiger partial charge in [0.2, 0.25) is 0 Å². The minimum atomic E-state index is 0.940. The second-order valence-corrected chi connectivity index (χ2v) is 5.68. The van der Waals surface area contributed by atoms with Crippen LogP contribution in [-0.2, 0) is 0 Å². The van der Waals surface area contributed by atoms with E-state index in [4.69, 9.17) is 0 Å². The number of rotatable bonds is 2. The molecule has 1 aromatic heterocycles. The molecule has 0 fully saturated rings. The van der Waals surface area contributed by atoms with E-state index in [2.05, 4.69) is 32.2 Å². The molecule has 0 amide bonds. The van der Waals surface area contributed by atoms with Crippen LogP contribution in [0.25, 0.3) is 21.1 Å². The first-order chi connectivity index (χ1) is 8.83. The number of hydrogen-bond acceptors (Lipinski definition) is 3. The molecule has 0 unspecified atom stereocenters. The van der Waals surface area contributed by atoms with Crippen LogP contribution in [0, 0.1) is 0 Å². The SMILES string of the molecule is Brc1cccc(-c2nnc(-c3ccccc3)s2)c1. The van der Waals surface area contributed by atoms with E-state index < -0.39 is 0 Å². The van der Waals surface area contributed by atoms with E-state index in [1.54, 1.807) is 11.3 Å². The van der Waals surface area contributed by atoms with Gasteiger partial charge in [-0.25, -0.2) is 0 Å². The van der Waals surface area contributed by atoms with E-state index in [1.807, 2.05) is 48.5 Å². The molecule has 0 bridgehead atoms. The molecule has 0 atom stereocenters. The Bertz CT molecular complexity index is 664. The van der Waals surface area contributed by atoms with Crippen LogP contribution in [-0.4, -0.2) is 10.2 Å². The largest absolute Gasteiger partial charge is 0.148 e. The Morgan fingerprint density at radius 1 is 0.778 bits per heavy atom. The highest BCUT2D eigenvalue weighted by atomic mass is 79.9. The van der Waals surface area contributed by atoms with Crippen molar-refractivity contribution in [1.29, 1.82) is 0 Å². The summed E-state index contributed by atoms with van der Waals surface area (Å²) >= 11 is 5.07. The van der Waals surface area contributed by atoms with Gasteiger partial charge in [0, 0.05) is 15.6 Å². The van der Waals surface area contributed by atoms with Gasteiger partial charge in [-0.15, -0.1) is 10.2 Å². The molecule has 88 valence electrons. The van der Waals surface area contributed by atoms with Gasteiger partial charge in [-0.05, 0) is 12.1 Å². The number of benzene rings is 2. The van der Waals surface area contributed by atoms with Crippen LogP contribution in [0.5, 0.6) is 0 Å². The molecule has 0 saturated carbocycles. The molecule has 0 N–H and O–H groups in total. The zero-order chi connectivity index (χ0) is 12.4. The lowest BCUT2D eigenvalue weighted by Gasteiger charge is -1.95. The van der Waals surface area contributed by atoms with Crippen LogP contribution in [0.15, 0.2) is 59.1 Å². The summed E-state index contributed by atoms with van der Waals surface area (Å²) in [6.07, 6.45) is 0. The molecule has 0 aliphatic heterocycles. The van der Waals surface area contributed by atoms with Gasteiger partial charge >= 0.3 is 0 Å². The first kappa shape index (κ1) is 11.6. The monoisotopic (exact) mass is 316 g/mol. The molecule has 3 aromatic rings. The summed E-state index contributed by atoms with van der Waals surface area (Å²) in [7, 11) is 0. The van der Waals surface area contributed by atoms with Crippen molar-refractivity contribution in [3.8, 4) is 21.1 Å². The van der Waals surface area contributed by atoms with Gasteiger partial charge in [0.25, 0.3) is 0 Å². The quantitative estimate of drug-likeness (QED) is 0.688. The molecule has 0 spiro atoms. The summed E-state index contributed by atoms with van der Waals surface area (Å²) in [4.78, 5) is 0. The molecule has 18 heavy (non-hydrogen) atoms. The van der Waals surface area contributed by atoms with Crippen LogP contribution in [0.3, 0.4) is 0 Å². The maximum Gasteiger partial charge on any atom is 0.148 e. The highest BCUT2D eigenvalue weighted by molar-refractivity contribution is 9.10. The summed E-state index contributed by atoms with van der Waals surface area (Å²) in [5, 5.41) is 10.4. The van der Waals surface area contributed by atoms with Crippen molar-refractivity contribution in [2.24, 2.45) is 0 Å². The van der Waals surface area contributed by atoms with E-state index in [0.29, 0.717) is 0 Å². The zero-order valence-corrected chi connectivity index (χ0v) is 11.8. The first-order valence-corrected chi connectivity index (χ1v) is 7.09. The molecular formula is C14H9BrN2S. The van der Waals surface area contributed by atoms with Crippen LogP contribution in [0.4, 0.5) is 0 Å². The molecule has 2 nitrogen and oxygen atoms in total. The molecule has 0 aliphatic carbocycles. The Balaban J connectivity index is 2.00. The second kappa shape index (κ2) is 5.00. The standard InChI is InChI=1S/C14H9BrN2S/c15-12-8-4-7-11(9-12)14-17-16-13(18-14)10-5-2-1-3-6-10/h1-9H. The van der Waals surface area contributed by atoms with Crippen LogP contribution in [0.1, 0.15) is 0 Å². The zero-order valence-electron chi connectivity index (χ0n) is 9.38. The Labute approximate surface area is 117 Å². The van der Waals surface area contributed by atoms with Gasteiger partial charge in [-0.3, -0.25) is 0 Å². The predicted molar refractivity (Wildman–Crippen MR) is 78.5 cm³/mol. The third-order valence-electron chi connectivity index (χ3n) is 2.52. The van der Waals surface area contributed by atoms with Crippen LogP contribution >= 0.6 is 27.3 Å². The molecule has 0 saturated heterocycles. The summed E-state index contributed by atoms with van der Waals surface area (Å²) in [6, 6.07) is 18.2. The Kier molecular flexibility index (Phi) is 3.21. The van der Waals surface area contributed by atoms with Crippen molar-refractivity contribution in [1.82, 2.24) is 10.2 Å². The number of nitrogens with zero attached hydrogens (tertiary/aromatic N) is 2. The summed E-state index contributed by atoms with van der Waals surface area (Å²) in [5.74, 6) is 0. The number of halogens is 1. The average molecular weight is 317 g/mol. The summed E-state index contributed by atoms with van der Waals surface area (Å²) in [5.41, 5.74) is 2.19. The highest BCUT2D eigenvalue weighted by Gasteiger charge is 2.08. The average Bonchev–Trinajstić information content (AvgIpc) is 2.89. The molecule has 0 radical (unpaired) electrons. The van der Waals surface area contributed by atoms with Gasteiger partial charge in [0.05, 0.1) is 0 Å². The maximum atomic E-state index is 4.25. The van der Waals surface area contributed by atoms with Crippen LogP contribution < -0.4 is 0 Å². The van der Waals surface area contributed by atoms with Gasteiger partial charge < -0.3 is 0 Å². The normalized spacial score (nSPS) is 10.5. The van der Waals surface area contributed by atoms with Crippen molar-refractivity contribution in [2.45, 2.75) is 0 Å². The molecule has 2 aromatic carbocycles. The van der Waals surface area contributed by atoms with E-state index >= 15 is 0 Å². The third-order valence-corrected chi connectivity index (χ3v) is 4.03. The smallest absolute Gasteiger partial charge is 0.138 e. The van der Waals surface area contributed by atoms with Gasteiger partial charge in [0.1, 0.15) is 10.0 Å². The van der Waals surface area contributed by atoms with Crippen molar-refractivity contribution in [2.75, 3.05) is 0 Å². The minimum absolute atomic E-state index is 0.940. The molecular weight excluding hydrogens is 308 g/mol. The minimum Gasteiger partial charge on any atom is -0.138 e. The van der Waals surface area contributed by atoms with Crippen LogP contribution in [0.2, 0.25) is 0 Å². The van der Waals surface area contributed by atoms with E-state index in [0.717, 1.165) is 25.6 Å². The van der Waals surface area contributed by atoms with Gasteiger partial charge in [-0.1, -0.05) is 69.7 Å². The fraction of sp³-hybridized carbons (Fsp3) is 0. The Morgan fingerprint density at radius 3 is 2.17 bits per heavy atom. The van der Waals surface area contributed by atoms with Crippen molar-refractivity contribution < 1.29 is 0 Å². The Morgan fingerprint density at radius 2 is 1.44 bits per heavy atom. The molecule has 0 aliphatic rings.